The number of aromatic nitrogens is 6. The van der Waals surface area contributed by atoms with Gasteiger partial charge in [-0.05, 0) is 79.2 Å². The molecule has 7 nitrogen and oxygen atoms in total. The molecule has 0 saturated carbocycles. The van der Waals surface area contributed by atoms with Crippen LogP contribution in [0.1, 0.15) is 85.0 Å². The third-order valence-corrected chi connectivity index (χ3v) is 6.50. The highest BCUT2D eigenvalue weighted by Crippen LogP contribution is 2.19. The third kappa shape index (κ3) is 13.1. The van der Waals surface area contributed by atoms with Crippen molar-refractivity contribution >= 4 is 17.7 Å². The molecule has 1 atom stereocenters. The number of H-pyrrole nitrogens is 1. The summed E-state index contributed by atoms with van der Waals surface area (Å²) in [5.74, 6) is 2.91. The van der Waals surface area contributed by atoms with Gasteiger partial charge in [0.2, 0.25) is 5.95 Å². The Balaban J connectivity index is 1.68. The van der Waals surface area contributed by atoms with E-state index >= 15 is 0 Å². The quantitative estimate of drug-likeness (QED) is 0.191. The number of nitrogens with one attached hydrogen (secondary N) is 2. The Labute approximate surface area is 215 Å². The molecule has 0 saturated heterocycles. The number of hydrogen-bond acceptors (Lipinski definition) is 7. The van der Waals surface area contributed by atoms with Crippen molar-refractivity contribution in [2.75, 3.05) is 16.8 Å². The van der Waals surface area contributed by atoms with Gasteiger partial charge in [-0.15, -0.1) is 10.2 Å². The predicted octanol–water partition coefficient (Wildman–Crippen LogP) is 7.02. The maximum absolute atomic E-state index is 4.24. The molecule has 190 valence electrons. The van der Waals surface area contributed by atoms with Gasteiger partial charge < -0.3 is 5.32 Å². The van der Waals surface area contributed by atoms with Gasteiger partial charge in [0.05, 0.1) is 0 Å². The van der Waals surface area contributed by atoms with E-state index < -0.39 is 0 Å². The Bertz CT molecular complexity index is 959. The Kier molecular flexibility index (Phi) is 13.7. The molecule has 0 aliphatic heterocycles. The third-order valence-electron chi connectivity index (χ3n) is 5.53. The molecular weight excluding hydrogens is 454 g/mol. The molecule has 0 radical (unpaired) electrons. The number of tetrazole rings is 1. The monoisotopic (exact) mass is 495 g/mol. The second-order valence-corrected chi connectivity index (χ2v) is 10.2. The van der Waals surface area contributed by atoms with Gasteiger partial charge in [0, 0.05) is 23.9 Å². The number of hydrogen-bond donors (Lipinski definition) is 2. The van der Waals surface area contributed by atoms with Gasteiger partial charge in [-0.1, -0.05) is 51.8 Å². The fourth-order valence-electron chi connectivity index (χ4n) is 3.40. The van der Waals surface area contributed by atoms with Crippen molar-refractivity contribution in [3.63, 3.8) is 0 Å². The molecule has 2 N–H and O–H groups in total. The van der Waals surface area contributed by atoms with Crippen LogP contribution in [0.2, 0.25) is 0 Å². The Morgan fingerprint density at radius 1 is 0.886 bits per heavy atom. The van der Waals surface area contributed by atoms with Gasteiger partial charge in [-0.2, -0.15) is 17.0 Å². The minimum atomic E-state index is -0.106. The molecule has 0 aromatic carbocycles. The van der Waals surface area contributed by atoms with E-state index in [-0.39, 0.29) is 6.04 Å². The highest BCUT2D eigenvalue weighted by atomic mass is 32.2. The van der Waals surface area contributed by atoms with Crippen molar-refractivity contribution < 1.29 is 0 Å². The van der Waals surface area contributed by atoms with Gasteiger partial charge in [-0.3, -0.25) is 0 Å². The molecule has 2 rings (SSSR count). The molecule has 0 spiro atoms. The standard InChI is InChI=1S/C27H41N7S/c1-21(2)10-6-11-22(3)12-7-13-23(4)14-8-15-24(5)16-19-35-20-25(26-31-33-34-32-26)30-27-28-17-9-18-29-27/h9-10,12,14,16-18,25H,6-8,11,13,15,19-20H2,1-5H3,(H,28,29,30)(H,31,32,33,34). The first kappa shape index (κ1) is 28.5. The zero-order chi connectivity index (χ0) is 25.3. The molecular formula is C27H41N7S. The Morgan fingerprint density at radius 2 is 1.49 bits per heavy atom. The van der Waals surface area contributed by atoms with Crippen LogP contribution in [0.25, 0.3) is 0 Å². The number of rotatable bonds is 16. The summed E-state index contributed by atoms with van der Waals surface area (Å²) in [7, 11) is 0. The lowest BCUT2D eigenvalue weighted by molar-refractivity contribution is 0.790. The minimum absolute atomic E-state index is 0.106. The van der Waals surface area contributed by atoms with E-state index in [0.717, 1.165) is 43.6 Å². The van der Waals surface area contributed by atoms with Gasteiger partial charge in [-0.25, -0.2) is 9.97 Å². The molecule has 35 heavy (non-hydrogen) atoms. The Morgan fingerprint density at radius 3 is 2.06 bits per heavy atom. The van der Waals surface area contributed by atoms with E-state index in [2.05, 4.69) is 94.8 Å². The van der Waals surface area contributed by atoms with Crippen LogP contribution in [0.4, 0.5) is 5.95 Å². The van der Waals surface area contributed by atoms with E-state index in [9.17, 15) is 0 Å². The maximum atomic E-state index is 4.24. The lowest BCUT2D eigenvalue weighted by atomic mass is 10.0. The lowest BCUT2D eigenvalue weighted by Gasteiger charge is -2.14. The van der Waals surface area contributed by atoms with Crippen LogP contribution in [-0.2, 0) is 0 Å². The van der Waals surface area contributed by atoms with Crippen LogP contribution in [-0.4, -0.2) is 42.1 Å². The zero-order valence-corrected chi connectivity index (χ0v) is 22.7. The number of anilines is 1. The molecule has 1 unspecified atom stereocenters. The van der Waals surface area contributed by atoms with Crippen LogP contribution in [0, 0.1) is 0 Å². The van der Waals surface area contributed by atoms with Crippen molar-refractivity contribution in [2.45, 2.75) is 79.2 Å². The fourth-order valence-corrected chi connectivity index (χ4v) is 4.41. The summed E-state index contributed by atoms with van der Waals surface area (Å²) in [5.41, 5.74) is 5.81. The Hall–Kier alpha value is -2.74. The van der Waals surface area contributed by atoms with Crippen molar-refractivity contribution in [2.24, 2.45) is 0 Å². The normalized spacial score (nSPS) is 13.6. The van der Waals surface area contributed by atoms with Crippen molar-refractivity contribution in [1.29, 1.82) is 0 Å². The summed E-state index contributed by atoms with van der Waals surface area (Å²) in [6.07, 6.45) is 19.7. The zero-order valence-electron chi connectivity index (χ0n) is 21.9. The first-order valence-corrected chi connectivity index (χ1v) is 13.5. The summed E-state index contributed by atoms with van der Waals surface area (Å²) in [4.78, 5) is 8.47. The highest BCUT2D eigenvalue weighted by Gasteiger charge is 2.17. The van der Waals surface area contributed by atoms with Gasteiger partial charge in [0.15, 0.2) is 5.82 Å². The van der Waals surface area contributed by atoms with Crippen LogP contribution < -0.4 is 5.32 Å². The maximum Gasteiger partial charge on any atom is 0.223 e. The second kappa shape index (κ2) is 16.8. The largest absolute Gasteiger partial charge is 0.343 e. The molecule has 0 aliphatic carbocycles. The van der Waals surface area contributed by atoms with Crippen molar-refractivity contribution in [3.05, 3.63) is 70.9 Å². The first-order valence-electron chi connectivity index (χ1n) is 12.4. The predicted molar refractivity (Wildman–Crippen MR) is 148 cm³/mol. The smallest absolute Gasteiger partial charge is 0.223 e. The molecule has 8 heteroatoms. The summed E-state index contributed by atoms with van der Waals surface area (Å²) in [5, 5.41) is 17.8. The summed E-state index contributed by atoms with van der Waals surface area (Å²) < 4.78 is 0. The van der Waals surface area contributed by atoms with Gasteiger partial charge >= 0.3 is 0 Å². The van der Waals surface area contributed by atoms with Crippen LogP contribution in [0.3, 0.4) is 0 Å². The topological polar surface area (TPSA) is 92.3 Å². The molecule has 0 bridgehead atoms. The number of aromatic amines is 1. The SMILES string of the molecule is CC(C)=CCCC(C)=CCCC(C)=CCCC(C)=CCSCC(Nc1ncccn1)c1nn[nH]n1. The van der Waals surface area contributed by atoms with E-state index in [1.807, 2.05) is 11.8 Å². The van der Waals surface area contributed by atoms with Crippen molar-refractivity contribution in [3.8, 4) is 0 Å². The number of nitrogens with zero attached hydrogens (tertiary/aromatic N) is 5. The molecule has 2 aromatic rings. The molecule has 2 aromatic heterocycles. The van der Waals surface area contributed by atoms with Gasteiger partial charge in [0.1, 0.15) is 6.04 Å². The minimum Gasteiger partial charge on any atom is -0.343 e. The molecule has 0 amide bonds. The van der Waals surface area contributed by atoms with Crippen molar-refractivity contribution in [1.82, 2.24) is 30.6 Å². The fraction of sp³-hybridized carbons (Fsp3) is 0.519. The number of thioether (sulfide) groups is 1. The van der Waals surface area contributed by atoms with Crippen LogP contribution in [0.15, 0.2) is 65.1 Å². The average molecular weight is 496 g/mol. The van der Waals surface area contributed by atoms with Crippen LogP contribution in [0.5, 0.6) is 0 Å². The molecule has 0 aliphatic rings. The summed E-state index contributed by atoms with van der Waals surface area (Å²) in [6.45, 7) is 11.0. The lowest BCUT2D eigenvalue weighted by Crippen LogP contribution is -2.17. The number of allylic oxidation sites excluding steroid dienone is 7. The molecule has 0 fully saturated rings. The highest BCUT2D eigenvalue weighted by molar-refractivity contribution is 7.99. The van der Waals surface area contributed by atoms with E-state index in [1.54, 1.807) is 18.5 Å². The summed E-state index contributed by atoms with van der Waals surface area (Å²) >= 11 is 1.83. The average Bonchev–Trinajstić information content (AvgIpc) is 3.36. The first-order chi connectivity index (χ1) is 16.9. The van der Waals surface area contributed by atoms with Gasteiger partial charge in [0.25, 0.3) is 0 Å². The van der Waals surface area contributed by atoms with E-state index in [1.165, 1.54) is 28.7 Å². The second-order valence-electron chi connectivity index (χ2n) is 9.13. The summed E-state index contributed by atoms with van der Waals surface area (Å²) in [6, 6.07) is 1.69. The van der Waals surface area contributed by atoms with Crippen LogP contribution >= 0.6 is 11.8 Å². The van der Waals surface area contributed by atoms with E-state index in [0.29, 0.717) is 11.8 Å². The van der Waals surface area contributed by atoms with E-state index in [4.69, 9.17) is 0 Å². The molecule has 2 heterocycles.